The molecular formula is C20H28N3O4S+. The molecule has 2 aliphatic rings. The maximum atomic E-state index is 11.8. The molecule has 1 aromatic rings. The van der Waals surface area contributed by atoms with Crippen LogP contribution in [0.1, 0.15) is 37.5 Å². The van der Waals surface area contributed by atoms with Crippen LogP contribution in [-0.2, 0) is 32.0 Å². The third-order valence-electron chi connectivity index (χ3n) is 5.08. The predicted octanol–water partition coefficient (Wildman–Crippen LogP) is 1.96. The molecule has 1 N–H and O–H groups in total. The molecule has 152 valence electrons. The minimum atomic E-state index is -0.279. The molecule has 1 saturated heterocycles. The Bertz CT molecular complexity index is 757. The van der Waals surface area contributed by atoms with E-state index in [0.717, 1.165) is 35.1 Å². The first-order valence-electron chi connectivity index (χ1n) is 9.79. The molecule has 0 unspecified atom stereocenters. The molecule has 2 aliphatic heterocycles. The van der Waals surface area contributed by atoms with Crippen molar-refractivity contribution in [3.05, 3.63) is 16.7 Å². The number of pyridine rings is 1. The fourth-order valence-corrected chi connectivity index (χ4v) is 4.38. The zero-order valence-electron chi connectivity index (χ0n) is 16.7. The molecule has 0 spiro atoms. The van der Waals surface area contributed by atoms with Gasteiger partial charge in [0.1, 0.15) is 24.7 Å². The molecule has 3 rings (SSSR count). The minimum Gasteiger partial charge on any atom is -0.465 e. The first kappa shape index (κ1) is 20.9. The average molecular weight is 407 g/mol. The van der Waals surface area contributed by atoms with E-state index in [1.807, 2.05) is 0 Å². The summed E-state index contributed by atoms with van der Waals surface area (Å²) in [6.45, 7) is 9.80. The number of ether oxygens (including phenoxy) is 3. The Morgan fingerprint density at radius 1 is 1.39 bits per heavy atom. The first-order chi connectivity index (χ1) is 13.5. The summed E-state index contributed by atoms with van der Waals surface area (Å²) >= 11 is 1.33. The fourth-order valence-electron chi connectivity index (χ4n) is 3.55. The van der Waals surface area contributed by atoms with Crippen molar-refractivity contribution in [1.29, 1.82) is 5.26 Å². The molecule has 28 heavy (non-hydrogen) atoms. The Kier molecular flexibility index (Phi) is 7.16. The monoisotopic (exact) mass is 406 g/mol. The number of aromatic amines is 1. The van der Waals surface area contributed by atoms with Gasteiger partial charge in [0.2, 0.25) is 0 Å². The first-order valence-corrected chi connectivity index (χ1v) is 10.8. The Hall–Kier alpha value is -1.82. The van der Waals surface area contributed by atoms with Gasteiger partial charge in [0.05, 0.1) is 43.8 Å². The minimum absolute atomic E-state index is 0.0856. The maximum absolute atomic E-state index is 11.8. The Morgan fingerprint density at radius 2 is 2.14 bits per heavy atom. The highest BCUT2D eigenvalue weighted by Gasteiger charge is 2.34. The van der Waals surface area contributed by atoms with E-state index >= 15 is 0 Å². The fraction of sp³-hybridized carbons (Fsp3) is 0.650. The maximum Gasteiger partial charge on any atom is 0.316 e. The number of nitriles is 1. The van der Waals surface area contributed by atoms with Crippen molar-refractivity contribution in [2.75, 3.05) is 43.6 Å². The van der Waals surface area contributed by atoms with Gasteiger partial charge in [-0.2, -0.15) is 5.26 Å². The number of fused-ring (bicyclic) bond motifs is 1. The molecule has 0 aliphatic carbocycles. The number of hydrogen-bond donors (Lipinski definition) is 0. The Balaban J connectivity index is 2.00. The SMILES string of the molecule is CCOC(=O)CSc1[nH+]c(N2CCOCC2)c2c(c1C#N)C[C@H](C(C)C)OC2. The number of morpholine rings is 1. The summed E-state index contributed by atoms with van der Waals surface area (Å²) in [4.78, 5) is 17.5. The van der Waals surface area contributed by atoms with Gasteiger partial charge in [0, 0.05) is 6.42 Å². The van der Waals surface area contributed by atoms with Crippen LogP contribution in [0.4, 0.5) is 5.82 Å². The van der Waals surface area contributed by atoms with Crippen molar-refractivity contribution in [3.63, 3.8) is 0 Å². The molecular weight excluding hydrogens is 378 g/mol. The van der Waals surface area contributed by atoms with Crippen LogP contribution in [0, 0.1) is 17.2 Å². The third kappa shape index (κ3) is 4.59. The molecule has 0 radical (unpaired) electrons. The Labute approximate surface area is 170 Å². The van der Waals surface area contributed by atoms with Gasteiger partial charge in [-0.1, -0.05) is 25.6 Å². The van der Waals surface area contributed by atoms with Crippen molar-refractivity contribution >= 4 is 23.5 Å². The molecule has 7 nitrogen and oxygen atoms in total. The summed E-state index contributed by atoms with van der Waals surface area (Å²) in [5.74, 6) is 1.24. The van der Waals surface area contributed by atoms with Gasteiger partial charge in [0.15, 0.2) is 5.03 Å². The number of H-pyrrole nitrogens is 1. The van der Waals surface area contributed by atoms with Crippen LogP contribution < -0.4 is 9.88 Å². The van der Waals surface area contributed by atoms with Crippen molar-refractivity contribution < 1.29 is 24.0 Å². The van der Waals surface area contributed by atoms with Gasteiger partial charge in [0.25, 0.3) is 5.82 Å². The summed E-state index contributed by atoms with van der Waals surface area (Å²) in [7, 11) is 0. The van der Waals surface area contributed by atoms with Gasteiger partial charge in [-0.25, -0.2) is 4.98 Å². The van der Waals surface area contributed by atoms with E-state index in [0.29, 0.717) is 44.3 Å². The lowest BCUT2D eigenvalue weighted by atomic mass is 9.91. The summed E-state index contributed by atoms with van der Waals surface area (Å²) in [5, 5.41) is 10.6. The molecule has 0 saturated carbocycles. The number of nitrogens with one attached hydrogen (secondary N) is 1. The number of carbonyl (C=O) groups excluding carboxylic acids is 1. The topological polar surface area (TPSA) is 85.9 Å². The standard InChI is InChI=1S/C20H27N3O4S/c1-4-26-18(24)12-28-20-15(10-21)14-9-17(13(2)3)27-11-16(14)19(22-20)23-5-7-25-8-6-23/h13,17H,4-9,11-12H2,1-3H3/p+1/t17-/m1/s1. The number of esters is 1. The highest BCUT2D eigenvalue weighted by molar-refractivity contribution is 7.99. The van der Waals surface area contributed by atoms with Crippen LogP contribution in [-0.4, -0.2) is 50.7 Å². The average Bonchev–Trinajstić information content (AvgIpc) is 2.71. The number of thioether (sulfide) groups is 1. The van der Waals surface area contributed by atoms with Crippen LogP contribution in [0.2, 0.25) is 0 Å². The predicted molar refractivity (Wildman–Crippen MR) is 105 cm³/mol. The van der Waals surface area contributed by atoms with E-state index in [2.05, 4.69) is 29.8 Å². The second-order valence-corrected chi connectivity index (χ2v) is 8.22. The van der Waals surface area contributed by atoms with Crippen LogP contribution in [0.5, 0.6) is 0 Å². The zero-order chi connectivity index (χ0) is 20.1. The summed E-state index contributed by atoms with van der Waals surface area (Å²) < 4.78 is 16.6. The highest BCUT2D eigenvalue weighted by Crippen LogP contribution is 2.35. The second-order valence-electron chi connectivity index (χ2n) is 7.24. The van der Waals surface area contributed by atoms with Crippen LogP contribution in [0.3, 0.4) is 0 Å². The number of nitrogens with zero attached hydrogens (tertiary/aromatic N) is 2. The zero-order valence-corrected chi connectivity index (χ0v) is 17.6. The summed E-state index contributed by atoms with van der Waals surface area (Å²) in [5.41, 5.74) is 2.71. The van der Waals surface area contributed by atoms with Gasteiger partial charge in [-0.05, 0) is 18.4 Å². The highest BCUT2D eigenvalue weighted by atomic mass is 32.2. The number of carbonyl (C=O) groups is 1. The van der Waals surface area contributed by atoms with Gasteiger partial charge >= 0.3 is 5.97 Å². The van der Waals surface area contributed by atoms with E-state index in [4.69, 9.17) is 14.2 Å². The summed E-state index contributed by atoms with van der Waals surface area (Å²) in [6.07, 6.45) is 0.789. The molecule has 0 bridgehead atoms. The van der Waals surface area contributed by atoms with Crippen molar-refractivity contribution in [3.8, 4) is 6.07 Å². The van der Waals surface area contributed by atoms with Gasteiger partial charge < -0.3 is 14.2 Å². The molecule has 1 fully saturated rings. The van der Waals surface area contributed by atoms with E-state index in [9.17, 15) is 10.1 Å². The lowest BCUT2D eigenvalue weighted by molar-refractivity contribution is -0.415. The molecule has 1 aromatic heterocycles. The largest absolute Gasteiger partial charge is 0.465 e. The number of rotatable bonds is 6. The Morgan fingerprint density at radius 3 is 2.79 bits per heavy atom. The second kappa shape index (κ2) is 9.59. The lowest BCUT2D eigenvalue weighted by Gasteiger charge is -2.31. The molecule has 1 atom stereocenters. The van der Waals surface area contributed by atoms with Gasteiger partial charge in [-0.3, -0.25) is 9.69 Å². The molecule has 3 heterocycles. The van der Waals surface area contributed by atoms with Crippen LogP contribution >= 0.6 is 11.8 Å². The number of anilines is 1. The van der Waals surface area contributed by atoms with E-state index in [1.165, 1.54) is 11.8 Å². The van der Waals surface area contributed by atoms with E-state index in [1.54, 1.807) is 6.92 Å². The van der Waals surface area contributed by atoms with Crippen molar-refractivity contribution in [2.45, 2.75) is 44.9 Å². The number of hydrogen-bond acceptors (Lipinski definition) is 7. The summed E-state index contributed by atoms with van der Waals surface area (Å²) in [6, 6.07) is 2.37. The van der Waals surface area contributed by atoms with E-state index < -0.39 is 0 Å². The molecule has 0 aromatic carbocycles. The van der Waals surface area contributed by atoms with Crippen LogP contribution in [0.15, 0.2) is 5.03 Å². The smallest absolute Gasteiger partial charge is 0.316 e. The van der Waals surface area contributed by atoms with Crippen molar-refractivity contribution in [2.24, 2.45) is 5.92 Å². The van der Waals surface area contributed by atoms with Gasteiger partial charge in [-0.15, -0.1) is 0 Å². The molecule has 0 amide bonds. The quantitative estimate of drug-likeness (QED) is 0.527. The normalized spacial score (nSPS) is 19.2. The number of aromatic nitrogens is 1. The molecule has 8 heteroatoms. The lowest BCUT2D eigenvalue weighted by Crippen LogP contribution is -2.42. The van der Waals surface area contributed by atoms with E-state index in [-0.39, 0.29) is 17.8 Å². The third-order valence-corrected chi connectivity index (χ3v) is 6.06. The van der Waals surface area contributed by atoms with Crippen molar-refractivity contribution in [1.82, 2.24) is 0 Å². The van der Waals surface area contributed by atoms with Crippen LogP contribution in [0.25, 0.3) is 0 Å².